The molecule has 0 spiro atoms. The molecule has 0 saturated heterocycles. The van der Waals surface area contributed by atoms with Gasteiger partial charge in [-0.25, -0.2) is 9.59 Å². The summed E-state index contributed by atoms with van der Waals surface area (Å²) in [5.74, 6) is -0.978. The number of nitrogens with one attached hydrogen (secondary N) is 2. The van der Waals surface area contributed by atoms with Crippen LogP contribution in [0.5, 0.6) is 5.75 Å². The molecule has 0 unspecified atom stereocenters. The molecule has 0 aliphatic rings. The van der Waals surface area contributed by atoms with Gasteiger partial charge in [0.05, 0.1) is 26.4 Å². The predicted molar refractivity (Wildman–Crippen MR) is 102 cm³/mol. The minimum Gasteiger partial charge on any atom is -0.496 e. The third-order valence-corrected chi connectivity index (χ3v) is 4.27. The minimum absolute atomic E-state index is 0.180. The van der Waals surface area contributed by atoms with Crippen molar-refractivity contribution in [3.8, 4) is 5.75 Å². The molecule has 0 saturated carbocycles. The Kier molecular flexibility index (Phi) is 6.81. The van der Waals surface area contributed by atoms with Gasteiger partial charge in [-0.1, -0.05) is 6.07 Å². The number of benzene rings is 1. The lowest BCUT2D eigenvalue weighted by Gasteiger charge is -2.10. The van der Waals surface area contributed by atoms with E-state index in [0.717, 1.165) is 0 Å². The van der Waals surface area contributed by atoms with Crippen LogP contribution in [0.25, 0.3) is 0 Å². The second-order valence-corrected chi connectivity index (χ2v) is 6.05. The summed E-state index contributed by atoms with van der Waals surface area (Å²) in [6, 6.07) is 4.97. The molecule has 2 aromatic rings. The molecule has 0 bridgehead atoms. The molecule has 8 heteroatoms. The number of methoxy groups -OCH3 is 2. The smallest absolute Gasteiger partial charge is 0.341 e. The monoisotopic (exact) mass is 388 g/mol. The van der Waals surface area contributed by atoms with Crippen molar-refractivity contribution in [3.05, 3.63) is 51.8 Å². The van der Waals surface area contributed by atoms with E-state index in [0.29, 0.717) is 33.8 Å². The van der Waals surface area contributed by atoms with Gasteiger partial charge in [0.15, 0.2) is 0 Å². The zero-order valence-corrected chi connectivity index (χ0v) is 16.6. The van der Waals surface area contributed by atoms with Gasteiger partial charge in [0.1, 0.15) is 17.0 Å². The van der Waals surface area contributed by atoms with E-state index >= 15 is 0 Å². The van der Waals surface area contributed by atoms with E-state index in [2.05, 4.69) is 10.3 Å². The molecule has 150 valence electrons. The Morgan fingerprint density at radius 2 is 1.82 bits per heavy atom. The Hall–Kier alpha value is -3.29. The quantitative estimate of drug-likeness (QED) is 0.706. The SMILES string of the molecule is CCOC(=O)c1c(C)[nH]c(C(=O)NCc2ccc(OC)c(C(=O)OC)c2)c1C. The van der Waals surface area contributed by atoms with Crippen LogP contribution in [0, 0.1) is 13.8 Å². The van der Waals surface area contributed by atoms with Crippen molar-refractivity contribution in [2.75, 3.05) is 20.8 Å². The molecule has 8 nitrogen and oxygen atoms in total. The summed E-state index contributed by atoms with van der Waals surface area (Å²) in [5.41, 5.74) is 2.72. The van der Waals surface area contributed by atoms with E-state index in [1.165, 1.54) is 14.2 Å². The first-order chi connectivity index (χ1) is 13.3. The first-order valence-corrected chi connectivity index (χ1v) is 8.73. The highest BCUT2D eigenvalue weighted by molar-refractivity contribution is 6.00. The zero-order valence-electron chi connectivity index (χ0n) is 16.6. The maximum atomic E-state index is 12.6. The van der Waals surface area contributed by atoms with Crippen molar-refractivity contribution >= 4 is 17.8 Å². The Bertz CT molecular complexity index is 900. The third-order valence-electron chi connectivity index (χ3n) is 4.27. The molecule has 1 aromatic carbocycles. The number of aryl methyl sites for hydroxylation is 1. The standard InChI is InChI=1S/C20H24N2O6/c1-6-28-20(25)16-11(2)17(22-12(16)3)18(23)21-10-13-7-8-15(26-4)14(9-13)19(24)27-5/h7-9,22H,6,10H2,1-5H3,(H,21,23). The number of esters is 2. The molecular weight excluding hydrogens is 364 g/mol. The summed E-state index contributed by atoms with van der Waals surface area (Å²) in [4.78, 5) is 39.4. The number of H-pyrrole nitrogens is 1. The van der Waals surface area contributed by atoms with Gasteiger partial charge < -0.3 is 24.5 Å². The number of aromatic nitrogens is 1. The van der Waals surface area contributed by atoms with Crippen molar-refractivity contribution in [1.29, 1.82) is 0 Å². The number of carbonyl (C=O) groups is 3. The minimum atomic E-state index is -0.528. The lowest BCUT2D eigenvalue weighted by molar-refractivity contribution is 0.0523. The number of ether oxygens (including phenoxy) is 3. The lowest BCUT2D eigenvalue weighted by atomic mass is 10.1. The second kappa shape index (κ2) is 9.07. The summed E-state index contributed by atoms with van der Waals surface area (Å²) < 4.78 is 14.9. The summed E-state index contributed by atoms with van der Waals surface area (Å²) in [6.07, 6.45) is 0. The van der Waals surface area contributed by atoms with Crippen LogP contribution < -0.4 is 10.1 Å². The fourth-order valence-electron chi connectivity index (χ4n) is 2.89. The first kappa shape index (κ1) is 21.0. The van der Waals surface area contributed by atoms with Crippen LogP contribution in [0.4, 0.5) is 0 Å². The Morgan fingerprint density at radius 3 is 2.43 bits per heavy atom. The van der Waals surface area contributed by atoms with Crippen LogP contribution in [0.3, 0.4) is 0 Å². The maximum absolute atomic E-state index is 12.6. The Labute approximate surface area is 163 Å². The van der Waals surface area contributed by atoms with E-state index in [1.807, 2.05) is 0 Å². The van der Waals surface area contributed by atoms with Crippen molar-refractivity contribution in [3.63, 3.8) is 0 Å². The van der Waals surface area contributed by atoms with E-state index in [-0.39, 0.29) is 24.6 Å². The summed E-state index contributed by atoms with van der Waals surface area (Å²) in [7, 11) is 2.74. The topological polar surface area (TPSA) is 107 Å². The van der Waals surface area contributed by atoms with Crippen molar-refractivity contribution in [1.82, 2.24) is 10.3 Å². The molecule has 2 rings (SSSR count). The summed E-state index contributed by atoms with van der Waals surface area (Å²) in [6.45, 7) is 5.55. The van der Waals surface area contributed by atoms with Gasteiger partial charge >= 0.3 is 11.9 Å². The van der Waals surface area contributed by atoms with E-state index < -0.39 is 11.9 Å². The van der Waals surface area contributed by atoms with Gasteiger partial charge in [-0.2, -0.15) is 0 Å². The molecular formula is C20H24N2O6. The number of hydrogen-bond acceptors (Lipinski definition) is 6. The molecule has 28 heavy (non-hydrogen) atoms. The van der Waals surface area contributed by atoms with Crippen LogP contribution in [-0.2, 0) is 16.0 Å². The van der Waals surface area contributed by atoms with Gasteiger partial charge in [0.25, 0.3) is 5.91 Å². The fourth-order valence-corrected chi connectivity index (χ4v) is 2.89. The highest BCUT2D eigenvalue weighted by Crippen LogP contribution is 2.22. The van der Waals surface area contributed by atoms with E-state index in [4.69, 9.17) is 14.2 Å². The maximum Gasteiger partial charge on any atom is 0.341 e. The largest absolute Gasteiger partial charge is 0.496 e. The van der Waals surface area contributed by atoms with Crippen LogP contribution in [-0.4, -0.2) is 43.7 Å². The number of aromatic amines is 1. The Balaban J connectivity index is 2.18. The van der Waals surface area contributed by atoms with Crippen LogP contribution >= 0.6 is 0 Å². The molecule has 1 amide bonds. The normalized spacial score (nSPS) is 10.3. The van der Waals surface area contributed by atoms with Crippen molar-refractivity contribution < 1.29 is 28.6 Å². The third kappa shape index (κ3) is 4.33. The predicted octanol–water partition coefficient (Wildman–Crippen LogP) is 2.53. The van der Waals surface area contributed by atoms with Gasteiger partial charge in [-0.15, -0.1) is 0 Å². The number of rotatable bonds is 7. The molecule has 0 atom stereocenters. The summed E-state index contributed by atoms with van der Waals surface area (Å²) in [5, 5.41) is 2.77. The molecule has 0 aliphatic heterocycles. The van der Waals surface area contributed by atoms with Gasteiger partial charge in [0.2, 0.25) is 0 Å². The van der Waals surface area contributed by atoms with Crippen molar-refractivity contribution in [2.24, 2.45) is 0 Å². The number of carbonyl (C=O) groups excluding carboxylic acids is 3. The highest BCUT2D eigenvalue weighted by Gasteiger charge is 2.23. The molecule has 2 N–H and O–H groups in total. The molecule has 0 aliphatic carbocycles. The summed E-state index contributed by atoms with van der Waals surface area (Å²) >= 11 is 0. The number of hydrogen-bond donors (Lipinski definition) is 2. The molecule has 1 aromatic heterocycles. The molecule has 1 heterocycles. The highest BCUT2D eigenvalue weighted by atomic mass is 16.5. The first-order valence-electron chi connectivity index (χ1n) is 8.73. The number of amides is 1. The average Bonchev–Trinajstić information content (AvgIpc) is 2.99. The van der Waals surface area contributed by atoms with Gasteiger partial charge in [-0.3, -0.25) is 4.79 Å². The lowest BCUT2D eigenvalue weighted by Crippen LogP contribution is -2.24. The molecule has 0 radical (unpaired) electrons. The zero-order chi connectivity index (χ0) is 20.8. The van der Waals surface area contributed by atoms with Crippen LogP contribution in [0.15, 0.2) is 18.2 Å². The van der Waals surface area contributed by atoms with Crippen LogP contribution in [0.2, 0.25) is 0 Å². The average molecular weight is 388 g/mol. The Morgan fingerprint density at radius 1 is 1.11 bits per heavy atom. The van der Waals surface area contributed by atoms with Gasteiger partial charge in [0, 0.05) is 12.2 Å². The van der Waals surface area contributed by atoms with Gasteiger partial charge in [-0.05, 0) is 44.0 Å². The van der Waals surface area contributed by atoms with E-state index in [9.17, 15) is 14.4 Å². The van der Waals surface area contributed by atoms with Crippen LogP contribution in [0.1, 0.15) is 54.9 Å². The van der Waals surface area contributed by atoms with Crippen molar-refractivity contribution in [2.45, 2.75) is 27.3 Å². The second-order valence-electron chi connectivity index (χ2n) is 6.05. The fraction of sp³-hybridized carbons (Fsp3) is 0.350. The van der Waals surface area contributed by atoms with E-state index in [1.54, 1.807) is 39.0 Å². The molecule has 0 fully saturated rings.